The maximum absolute atomic E-state index is 5.89. The molecule has 2 aromatic rings. The molecule has 14 heavy (non-hydrogen) atoms. The lowest BCUT2D eigenvalue weighted by Gasteiger charge is -1.99. The molecule has 0 aliphatic carbocycles. The van der Waals surface area contributed by atoms with Gasteiger partial charge in [-0.15, -0.1) is 0 Å². The Bertz CT molecular complexity index is 470. The van der Waals surface area contributed by atoms with Crippen molar-refractivity contribution in [2.45, 2.75) is 6.92 Å². The molecule has 0 atom stereocenters. The molecule has 0 spiro atoms. The quantitative estimate of drug-likeness (QED) is 0.598. The Morgan fingerprint density at radius 2 is 2.29 bits per heavy atom. The van der Waals surface area contributed by atoms with E-state index < -0.39 is 0 Å². The summed E-state index contributed by atoms with van der Waals surface area (Å²) in [6.07, 6.45) is 3.30. The van der Waals surface area contributed by atoms with E-state index in [2.05, 4.69) is 32.6 Å². The predicted molar refractivity (Wildman–Crippen MR) is 62.2 cm³/mol. The normalized spacial score (nSPS) is 10.5. The fraction of sp³-hybridized carbons (Fsp3) is 0.111. The van der Waals surface area contributed by atoms with Crippen molar-refractivity contribution in [3.8, 4) is 11.4 Å². The highest BCUT2D eigenvalue weighted by atomic mass is 127. The first-order chi connectivity index (χ1) is 6.68. The molecular formula is C9H6ClIN2O. The number of halogens is 2. The van der Waals surface area contributed by atoms with Crippen LogP contribution in [0.5, 0.6) is 0 Å². The molecule has 0 amide bonds. The third kappa shape index (κ3) is 1.76. The summed E-state index contributed by atoms with van der Waals surface area (Å²) in [5, 5.41) is 0.469. The molecule has 0 N–H and O–H groups in total. The zero-order valence-electron chi connectivity index (χ0n) is 7.29. The molecule has 0 saturated heterocycles. The van der Waals surface area contributed by atoms with Crippen molar-refractivity contribution in [1.82, 2.24) is 9.97 Å². The lowest BCUT2D eigenvalue weighted by atomic mass is 10.2. The SMILES string of the molecule is Cc1occc1-c1ncc(I)c(Cl)n1. The van der Waals surface area contributed by atoms with Crippen molar-refractivity contribution in [2.75, 3.05) is 0 Å². The van der Waals surface area contributed by atoms with Gasteiger partial charge in [-0.1, -0.05) is 11.6 Å². The number of rotatable bonds is 1. The van der Waals surface area contributed by atoms with Crippen LogP contribution in [-0.4, -0.2) is 9.97 Å². The largest absolute Gasteiger partial charge is 0.469 e. The third-order valence-electron chi connectivity index (χ3n) is 1.80. The summed E-state index contributed by atoms with van der Waals surface area (Å²) in [6.45, 7) is 1.87. The van der Waals surface area contributed by atoms with E-state index in [4.69, 9.17) is 16.0 Å². The van der Waals surface area contributed by atoms with Gasteiger partial charge in [0.25, 0.3) is 0 Å². The van der Waals surface area contributed by atoms with E-state index in [1.807, 2.05) is 13.0 Å². The molecule has 0 aliphatic heterocycles. The molecule has 0 aromatic carbocycles. The van der Waals surface area contributed by atoms with Crippen LogP contribution in [0.1, 0.15) is 5.76 Å². The molecule has 5 heteroatoms. The Morgan fingerprint density at radius 1 is 1.50 bits per heavy atom. The first-order valence-electron chi connectivity index (χ1n) is 3.91. The summed E-state index contributed by atoms with van der Waals surface area (Å²) >= 11 is 7.98. The van der Waals surface area contributed by atoms with Crippen LogP contribution in [0.3, 0.4) is 0 Å². The number of nitrogens with zero attached hydrogens (tertiary/aromatic N) is 2. The molecule has 2 rings (SSSR count). The van der Waals surface area contributed by atoms with Gasteiger partial charge in [-0.3, -0.25) is 0 Å². The fourth-order valence-electron chi connectivity index (χ4n) is 1.09. The van der Waals surface area contributed by atoms with Gasteiger partial charge < -0.3 is 4.42 Å². The molecule has 3 nitrogen and oxygen atoms in total. The van der Waals surface area contributed by atoms with Gasteiger partial charge in [0, 0.05) is 6.20 Å². The number of furan rings is 1. The molecule has 0 bridgehead atoms. The second-order valence-corrected chi connectivity index (χ2v) is 4.24. The van der Waals surface area contributed by atoms with E-state index in [1.165, 1.54) is 0 Å². The minimum atomic E-state index is 0.469. The average Bonchev–Trinajstić information content (AvgIpc) is 2.57. The first kappa shape index (κ1) is 9.92. The van der Waals surface area contributed by atoms with Crippen LogP contribution >= 0.6 is 34.2 Å². The fourth-order valence-corrected chi connectivity index (χ4v) is 1.48. The molecule has 0 radical (unpaired) electrons. The number of hydrogen-bond donors (Lipinski definition) is 0. The highest BCUT2D eigenvalue weighted by Crippen LogP contribution is 2.23. The van der Waals surface area contributed by atoms with Crippen molar-refractivity contribution in [3.05, 3.63) is 33.0 Å². The predicted octanol–water partition coefficient (Wildman–Crippen LogP) is 3.30. The molecule has 0 saturated carbocycles. The van der Waals surface area contributed by atoms with Crippen molar-refractivity contribution in [2.24, 2.45) is 0 Å². The second kappa shape index (κ2) is 3.86. The van der Waals surface area contributed by atoms with Gasteiger partial charge in [0.1, 0.15) is 10.9 Å². The summed E-state index contributed by atoms with van der Waals surface area (Å²) in [5.41, 5.74) is 0.878. The van der Waals surface area contributed by atoms with Gasteiger partial charge in [-0.25, -0.2) is 9.97 Å². The van der Waals surface area contributed by atoms with Crippen molar-refractivity contribution in [1.29, 1.82) is 0 Å². The Labute approximate surface area is 99.7 Å². The zero-order valence-corrected chi connectivity index (χ0v) is 10.2. The Morgan fingerprint density at radius 3 is 2.86 bits per heavy atom. The van der Waals surface area contributed by atoms with Crippen LogP contribution < -0.4 is 0 Å². The summed E-state index contributed by atoms with van der Waals surface area (Å²) in [5.74, 6) is 1.39. The van der Waals surface area contributed by atoms with Gasteiger partial charge in [0.05, 0.1) is 15.4 Å². The van der Waals surface area contributed by atoms with Crippen LogP contribution in [0, 0.1) is 10.5 Å². The van der Waals surface area contributed by atoms with E-state index in [1.54, 1.807) is 12.5 Å². The van der Waals surface area contributed by atoms with Gasteiger partial charge in [-0.05, 0) is 35.6 Å². The minimum Gasteiger partial charge on any atom is -0.469 e. The maximum Gasteiger partial charge on any atom is 0.164 e. The maximum atomic E-state index is 5.89. The summed E-state index contributed by atoms with van der Waals surface area (Å²) in [6, 6.07) is 1.83. The summed E-state index contributed by atoms with van der Waals surface area (Å²) in [7, 11) is 0. The van der Waals surface area contributed by atoms with Crippen LogP contribution in [0.2, 0.25) is 5.15 Å². The third-order valence-corrected chi connectivity index (χ3v) is 3.20. The van der Waals surface area contributed by atoms with Gasteiger partial charge >= 0.3 is 0 Å². The number of hydrogen-bond acceptors (Lipinski definition) is 3. The van der Waals surface area contributed by atoms with E-state index >= 15 is 0 Å². The standard InChI is InChI=1S/C9H6ClIN2O/c1-5-6(2-3-14-5)9-12-4-7(11)8(10)13-9/h2-4H,1H3. The average molecular weight is 321 g/mol. The van der Waals surface area contributed by atoms with Crippen LogP contribution in [0.4, 0.5) is 0 Å². The molecular weight excluding hydrogens is 314 g/mol. The number of aryl methyl sites for hydroxylation is 1. The zero-order chi connectivity index (χ0) is 10.1. The van der Waals surface area contributed by atoms with Crippen molar-refractivity contribution in [3.63, 3.8) is 0 Å². The monoisotopic (exact) mass is 320 g/mol. The van der Waals surface area contributed by atoms with E-state index in [0.29, 0.717) is 11.0 Å². The van der Waals surface area contributed by atoms with Gasteiger partial charge in [0.2, 0.25) is 0 Å². The lowest BCUT2D eigenvalue weighted by Crippen LogP contribution is -1.91. The Balaban J connectivity index is 2.53. The number of aromatic nitrogens is 2. The van der Waals surface area contributed by atoms with Crippen LogP contribution in [0.25, 0.3) is 11.4 Å². The summed E-state index contributed by atoms with van der Waals surface area (Å²) < 4.78 is 6.01. The molecule has 2 heterocycles. The first-order valence-corrected chi connectivity index (χ1v) is 5.36. The molecule has 2 aromatic heterocycles. The van der Waals surface area contributed by atoms with Crippen molar-refractivity contribution < 1.29 is 4.42 Å². The minimum absolute atomic E-state index is 0.469. The van der Waals surface area contributed by atoms with Gasteiger partial charge in [0.15, 0.2) is 5.82 Å². The van der Waals surface area contributed by atoms with Crippen molar-refractivity contribution >= 4 is 34.2 Å². The molecule has 72 valence electrons. The molecule has 0 fully saturated rings. The van der Waals surface area contributed by atoms with Crippen LogP contribution in [0.15, 0.2) is 22.9 Å². The summed E-state index contributed by atoms with van der Waals surface area (Å²) in [4.78, 5) is 8.34. The van der Waals surface area contributed by atoms with E-state index in [-0.39, 0.29) is 0 Å². The molecule has 0 aliphatic rings. The van der Waals surface area contributed by atoms with E-state index in [0.717, 1.165) is 14.9 Å². The second-order valence-electron chi connectivity index (χ2n) is 2.72. The highest BCUT2D eigenvalue weighted by molar-refractivity contribution is 14.1. The van der Waals surface area contributed by atoms with Crippen LogP contribution in [-0.2, 0) is 0 Å². The molecule has 0 unspecified atom stereocenters. The smallest absolute Gasteiger partial charge is 0.164 e. The Kier molecular flexibility index (Phi) is 2.73. The van der Waals surface area contributed by atoms with E-state index in [9.17, 15) is 0 Å². The Hall–Kier alpha value is -0.620. The highest BCUT2D eigenvalue weighted by Gasteiger charge is 2.09. The lowest BCUT2D eigenvalue weighted by molar-refractivity contribution is 0.535. The topological polar surface area (TPSA) is 38.9 Å². The van der Waals surface area contributed by atoms with Gasteiger partial charge in [-0.2, -0.15) is 0 Å².